The lowest BCUT2D eigenvalue weighted by Gasteiger charge is -2.25. The van der Waals surface area contributed by atoms with Gasteiger partial charge in [-0.25, -0.2) is 0 Å². The molecule has 1 saturated carbocycles. The fraction of sp³-hybridized carbons (Fsp3) is 0.462. The van der Waals surface area contributed by atoms with Crippen molar-refractivity contribution in [3.05, 3.63) is 34.9 Å². The maximum absolute atomic E-state index is 10.6. The molecule has 0 heterocycles. The molecule has 0 aliphatic heterocycles. The van der Waals surface area contributed by atoms with Crippen molar-refractivity contribution >= 4 is 29.2 Å². The molecule has 0 unspecified atom stereocenters. The average molecular weight is 305 g/mol. The normalized spacial score (nSPS) is 22.5. The van der Waals surface area contributed by atoms with Crippen molar-refractivity contribution in [3.8, 4) is 0 Å². The van der Waals surface area contributed by atoms with Gasteiger partial charge in [-0.3, -0.25) is 9.11 Å². The van der Waals surface area contributed by atoms with Crippen molar-refractivity contribution in [1.29, 1.82) is 0 Å². The van der Waals surface area contributed by atoms with Crippen LogP contribution in [0, 0.1) is 5.92 Å². The summed E-state index contributed by atoms with van der Waals surface area (Å²) in [4.78, 5) is 10.6. The zero-order valence-electron chi connectivity index (χ0n) is 10.4. The van der Waals surface area contributed by atoms with Crippen LogP contribution in [0.4, 0.5) is 0 Å². The van der Waals surface area contributed by atoms with E-state index in [1.807, 2.05) is 12.1 Å². The number of benzene rings is 1. The van der Waals surface area contributed by atoms with E-state index >= 15 is 0 Å². The Balaban J connectivity index is 0.000000399. The molecule has 0 amide bonds. The Kier molecular flexibility index (Phi) is 7.23. The fourth-order valence-electron chi connectivity index (χ4n) is 2.32. The second-order valence-corrected chi connectivity index (χ2v) is 5.43. The number of carbonyl (C=O) groups is 1. The Labute approximate surface area is 120 Å². The SMILES string of the molecule is O=CC1CCC(c2ccc(Cl)cc2)CC1.O=S(O)O. The minimum Gasteiger partial charge on any atom is -0.303 e. The van der Waals surface area contributed by atoms with Crippen LogP contribution in [0.2, 0.25) is 5.02 Å². The van der Waals surface area contributed by atoms with Gasteiger partial charge in [0.2, 0.25) is 0 Å². The standard InChI is InChI=1S/C13H15ClO.H2O3S/c14-13-7-5-12(6-8-13)11-3-1-10(9-15)2-4-11;1-4(2)3/h5-11H,1-4H2;(H2,1,2,3). The fourth-order valence-corrected chi connectivity index (χ4v) is 2.45. The lowest BCUT2D eigenvalue weighted by Crippen LogP contribution is -2.13. The predicted octanol–water partition coefficient (Wildman–Crippen LogP) is 3.49. The molecular weight excluding hydrogens is 288 g/mol. The molecule has 1 aromatic carbocycles. The summed E-state index contributed by atoms with van der Waals surface area (Å²) in [5.74, 6) is 0.923. The maximum atomic E-state index is 10.6. The molecule has 19 heavy (non-hydrogen) atoms. The molecule has 2 rings (SSSR count). The minimum atomic E-state index is -2.61. The van der Waals surface area contributed by atoms with Crippen molar-refractivity contribution in [1.82, 2.24) is 0 Å². The summed E-state index contributed by atoms with van der Waals surface area (Å²) < 4.78 is 22.8. The van der Waals surface area contributed by atoms with Crippen molar-refractivity contribution in [2.24, 2.45) is 5.92 Å². The molecular formula is C13H17ClO4S. The smallest absolute Gasteiger partial charge is 0.299 e. The van der Waals surface area contributed by atoms with Gasteiger partial charge in [-0.15, -0.1) is 0 Å². The molecule has 106 valence electrons. The van der Waals surface area contributed by atoms with Crippen LogP contribution >= 0.6 is 11.6 Å². The number of hydrogen-bond donors (Lipinski definition) is 2. The number of aldehydes is 1. The molecule has 1 aromatic rings. The third-order valence-electron chi connectivity index (χ3n) is 3.31. The summed E-state index contributed by atoms with van der Waals surface area (Å²) in [6, 6.07) is 8.11. The van der Waals surface area contributed by atoms with Gasteiger partial charge in [0.1, 0.15) is 6.29 Å². The summed E-state index contributed by atoms with van der Waals surface area (Å²) in [6.45, 7) is 0. The zero-order chi connectivity index (χ0) is 14.3. The van der Waals surface area contributed by atoms with Gasteiger partial charge in [0.25, 0.3) is 11.4 Å². The molecule has 2 N–H and O–H groups in total. The van der Waals surface area contributed by atoms with Crippen molar-refractivity contribution in [3.63, 3.8) is 0 Å². The number of carbonyl (C=O) groups excluding carboxylic acids is 1. The van der Waals surface area contributed by atoms with Crippen molar-refractivity contribution < 1.29 is 18.1 Å². The van der Waals surface area contributed by atoms with E-state index < -0.39 is 11.4 Å². The molecule has 1 aliphatic rings. The zero-order valence-corrected chi connectivity index (χ0v) is 11.9. The first-order valence-corrected chi connectivity index (χ1v) is 7.47. The molecule has 0 bridgehead atoms. The molecule has 0 saturated heterocycles. The highest BCUT2D eigenvalue weighted by molar-refractivity contribution is 7.73. The molecule has 0 aromatic heterocycles. The average Bonchev–Trinajstić information content (AvgIpc) is 2.39. The first-order valence-electron chi connectivity index (χ1n) is 6.03. The molecule has 0 radical (unpaired) electrons. The second kappa shape index (κ2) is 8.43. The van der Waals surface area contributed by atoms with Gasteiger partial charge in [-0.1, -0.05) is 23.7 Å². The van der Waals surface area contributed by atoms with Crippen LogP contribution in [-0.2, 0) is 16.2 Å². The van der Waals surface area contributed by atoms with Gasteiger partial charge in [-0.05, 0) is 49.3 Å². The summed E-state index contributed by atoms with van der Waals surface area (Å²) >= 11 is 3.24. The lowest BCUT2D eigenvalue weighted by atomic mass is 9.79. The van der Waals surface area contributed by atoms with Crippen molar-refractivity contribution in [2.45, 2.75) is 31.6 Å². The van der Waals surface area contributed by atoms with Gasteiger partial charge >= 0.3 is 0 Å². The minimum absolute atomic E-state index is 0.300. The van der Waals surface area contributed by atoms with Gasteiger partial charge < -0.3 is 4.79 Å². The topological polar surface area (TPSA) is 74.6 Å². The maximum Gasteiger partial charge on any atom is 0.299 e. The molecule has 0 spiro atoms. The van der Waals surface area contributed by atoms with Crippen LogP contribution < -0.4 is 0 Å². The molecule has 1 aliphatic carbocycles. The highest BCUT2D eigenvalue weighted by Gasteiger charge is 2.21. The first-order chi connectivity index (χ1) is 9.02. The highest BCUT2D eigenvalue weighted by atomic mass is 35.5. The highest BCUT2D eigenvalue weighted by Crippen LogP contribution is 2.35. The largest absolute Gasteiger partial charge is 0.303 e. The Morgan fingerprint density at radius 3 is 2.00 bits per heavy atom. The van der Waals surface area contributed by atoms with Crippen LogP contribution in [0.15, 0.2) is 24.3 Å². The van der Waals surface area contributed by atoms with Gasteiger partial charge in [0, 0.05) is 10.9 Å². The number of hydrogen-bond acceptors (Lipinski definition) is 2. The monoisotopic (exact) mass is 304 g/mol. The Bertz CT molecular complexity index is 409. The van der Waals surface area contributed by atoms with E-state index in [0.29, 0.717) is 11.8 Å². The van der Waals surface area contributed by atoms with E-state index in [9.17, 15) is 4.79 Å². The quantitative estimate of drug-likeness (QED) is 0.648. The van der Waals surface area contributed by atoms with Crippen molar-refractivity contribution in [2.75, 3.05) is 0 Å². The van der Waals surface area contributed by atoms with Gasteiger partial charge in [0.05, 0.1) is 0 Å². The molecule has 6 heteroatoms. The second-order valence-electron chi connectivity index (χ2n) is 4.53. The Morgan fingerprint density at radius 2 is 1.58 bits per heavy atom. The number of halogens is 1. The Morgan fingerprint density at radius 1 is 1.11 bits per heavy atom. The predicted molar refractivity (Wildman–Crippen MR) is 75.6 cm³/mol. The summed E-state index contributed by atoms with van der Waals surface area (Å²) in [5, 5.41) is 0.792. The van der Waals surface area contributed by atoms with Crippen LogP contribution in [0.1, 0.15) is 37.2 Å². The van der Waals surface area contributed by atoms with E-state index in [1.165, 1.54) is 5.56 Å². The third kappa shape index (κ3) is 6.29. The van der Waals surface area contributed by atoms with E-state index in [-0.39, 0.29) is 0 Å². The Hall–Kier alpha value is -0.750. The first kappa shape index (κ1) is 16.3. The lowest BCUT2D eigenvalue weighted by molar-refractivity contribution is -0.111. The van der Waals surface area contributed by atoms with Crippen LogP contribution in [0.25, 0.3) is 0 Å². The summed E-state index contributed by atoms with van der Waals surface area (Å²) in [6.07, 6.45) is 5.45. The summed E-state index contributed by atoms with van der Waals surface area (Å²) in [5.41, 5.74) is 1.36. The third-order valence-corrected chi connectivity index (χ3v) is 3.56. The van der Waals surface area contributed by atoms with E-state index in [1.54, 1.807) is 0 Å². The number of rotatable bonds is 2. The van der Waals surface area contributed by atoms with E-state index in [0.717, 1.165) is 37.0 Å². The van der Waals surface area contributed by atoms with Crippen LogP contribution in [0.5, 0.6) is 0 Å². The van der Waals surface area contributed by atoms with Gasteiger partial charge in [-0.2, -0.15) is 4.21 Å². The van der Waals surface area contributed by atoms with Crippen LogP contribution in [0.3, 0.4) is 0 Å². The molecule has 1 fully saturated rings. The van der Waals surface area contributed by atoms with E-state index in [4.69, 9.17) is 24.9 Å². The van der Waals surface area contributed by atoms with E-state index in [2.05, 4.69) is 12.1 Å². The molecule has 4 nitrogen and oxygen atoms in total. The van der Waals surface area contributed by atoms with Gasteiger partial charge in [0.15, 0.2) is 0 Å². The molecule has 0 atom stereocenters. The van der Waals surface area contributed by atoms with Crippen LogP contribution in [-0.4, -0.2) is 19.6 Å². The summed E-state index contributed by atoms with van der Waals surface area (Å²) in [7, 11) is 0.